The number of imide groups is 1. The molecule has 0 spiro atoms. The number of amides is 3. The fourth-order valence-corrected chi connectivity index (χ4v) is 3.12. The van der Waals surface area contributed by atoms with Gasteiger partial charge in [0.25, 0.3) is 5.91 Å². The molecule has 3 amide bonds. The van der Waals surface area contributed by atoms with E-state index in [-0.39, 0.29) is 18.0 Å². The van der Waals surface area contributed by atoms with Crippen LogP contribution in [-0.2, 0) is 4.79 Å². The molecule has 1 aromatic carbocycles. The van der Waals surface area contributed by atoms with Crippen molar-refractivity contribution in [3.8, 4) is 0 Å². The Morgan fingerprint density at radius 3 is 2.64 bits per heavy atom. The van der Waals surface area contributed by atoms with Crippen LogP contribution in [-0.4, -0.2) is 47.4 Å². The van der Waals surface area contributed by atoms with E-state index >= 15 is 0 Å². The molecule has 134 valence electrons. The maximum Gasteiger partial charge on any atom is 0.325 e. The van der Waals surface area contributed by atoms with Crippen LogP contribution in [0.4, 0.5) is 4.79 Å². The van der Waals surface area contributed by atoms with Gasteiger partial charge in [-0.05, 0) is 46.4 Å². The van der Waals surface area contributed by atoms with Crippen LogP contribution in [0.1, 0.15) is 39.0 Å². The summed E-state index contributed by atoms with van der Waals surface area (Å²) >= 11 is 0. The molecule has 1 saturated heterocycles. The third-order valence-corrected chi connectivity index (χ3v) is 4.85. The lowest BCUT2D eigenvalue weighted by molar-refractivity contribution is -0.130. The van der Waals surface area contributed by atoms with Crippen LogP contribution >= 0.6 is 0 Å². The van der Waals surface area contributed by atoms with Gasteiger partial charge in [0.05, 0.1) is 6.04 Å². The van der Waals surface area contributed by atoms with Gasteiger partial charge in [-0.25, -0.2) is 4.79 Å². The minimum absolute atomic E-state index is 0.118. The second-order valence-electron chi connectivity index (χ2n) is 7.21. The normalized spacial score (nSPS) is 18.2. The van der Waals surface area contributed by atoms with E-state index in [1.54, 1.807) is 13.8 Å². The third-order valence-electron chi connectivity index (χ3n) is 4.85. The molecule has 0 bridgehead atoms. The van der Waals surface area contributed by atoms with E-state index in [0.29, 0.717) is 6.54 Å². The van der Waals surface area contributed by atoms with Gasteiger partial charge in [0.2, 0.25) is 0 Å². The fourth-order valence-electron chi connectivity index (χ4n) is 3.12. The molecule has 0 radical (unpaired) electrons. The molecule has 1 atom stereocenters. The van der Waals surface area contributed by atoms with Crippen LogP contribution < -0.4 is 5.32 Å². The van der Waals surface area contributed by atoms with Crippen LogP contribution in [0.5, 0.6) is 0 Å². The Balaban J connectivity index is 1.56. The zero-order valence-electron chi connectivity index (χ0n) is 15.2. The minimum atomic E-state index is -0.801. The number of nitrogens with one attached hydrogen (secondary N) is 1. The molecule has 2 aromatic rings. The average Bonchev–Trinajstić information content (AvgIpc) is 3.07. The molecule has 2 heterocycles. The molecule has 0 unspecified atom stereocenters. The largest absolute Gasteiger partial charge is 0.459 e. The number of hydrogen-bond donors (Lipinski definition) is 1. The van der Waals surface area contributed by atoms with Crippen LogP contribution in [0, 0.1) is 0 Å². The SMILES string of the molecule is C[C@H](c1cc2ccccc2o1)N(C)CCCN1C(=O)NC(C)(C)C1=O. The zero-order chi connectivity index (χ0) is 18.2. The summed E-state index contributed by atoms with van der Waals surface area (Å²) in [5, 5.41) is 3.80. The Morgan fingerprint density at radius 1 is 1.28 bits per heavy atom. The van der Waals surface area contributed by atoms with E-state index in [1.807, 2.05) is 31.3 Å². The smallest absolute Gasteiger partial charge is 0.325 e. The van der Waals surface area contributed by atoms with Gasteiger partial charge in [-0.1, -0.05) is 18.2 Å². The van der Waals surface area contributed by atoms with Gasteiger partial charge in [0.1, 0.15) is 16.9 Å². The van der Waals surface area contributed by atoms with Crippen molar-refractivity contribution in [2.75, 3.05) is 20.1 Å². The third kappa shape index (κ3) is 3.39. The molecular formula is C19H25N3O3. The molecule has 1 N–H and O–H groups in total. The van der Waals surface area contributed by atoms with Gasteiger partial charge in [-0.15, -0.1) is 0 Å². The number of carbonyl (C=O) groups excluding carboxylic acids is 2. The van der Waals surface area contributed by atoms with Gasteiger partial charge < -0.3 is 9.73 Å². The number of urea groups is 1. The van der Waals surface area contributed by atoms with Crippen molar-refractivity contribution in [3.05, 3.63) is 36.1 Å². The maximum absolute atomic E-state index is 12.2. The summed E-state index contributed by atoms with van der Waals surface area (Å²) in [6, 6.07) is 9.84. The van der Waals surface area contributed by atoms with Crippen molar-refractivity contribution in [3.63, 3.8) is 0 Å². The second kappa shape index (κ2) is 6.52. The molecule has 1 fully saturated rings. The Kier molecular flexibility index (Phi) is 4.56. The number of carbonyl (C=O) groups is 2. The van der Waals surface area contributed by atoms with Gasteiger partial charge in [0.15, 0.2) is 0 Å². The van der Waals surface area contributed by atoms with Gasteiger partial charge in [-0.3, -0.25) is 14.6 Å². The average molecular weight is 343 g/mol. The van der Waals surface area contributed by atoms with Crippen molar-refractivity contribution in [2.45, 2.75) is 38.8 Å². The quantitative estimate of drug-likeness (QED) is 0.818. The molecule has 0 saturated carbocycles. The van der Waals surface area contributed by atoms with Crippen molar-refractivity contribution in [1.29, 1.82) is 0 Å². The monoisotopic (exact) mass is 343 g/mol. The van der Waals surface area contributed by atoms with Crippen LogP contribution in [0.25, 0.3) is 11.0 Å². The van der Waals surface area contributed by atoms with Crippen LogP contribution in [0.15, 0.2) is 34.7 Å². The predicted octanol–water partition coefficient (Wildman–Crippen LogP) is 3.15. The molecule has 6 nitrogen and oxygen atoms in total. The molecule has 0 aliphatic carbocycles. The Labute approximate surface area is 147 Å². The molecule has 3 rings (SSSR count). The number of nitrogens with zero attached hydrogens (tertiary/aromatic N) is 2. The van der Waals surface area contributed by atoms with E-state index in [2.05, 4.69) is 23.2 Å². The zero-order valence-corrected chi connectivity index (χ0v) is 15.2. The molecule has 25 heavy (non-hydrogen) atoms. The van der Waals surface area contributed by atoms with Crippen molar-refractivity contribution < 1.29 is 14.0 Å². The van der Waals surface area contributed by atoms with E-state index in [1.165, 1.54) is 4.90 Å². The highest BCUT2D eigenvalue weighted by atomic mass is 16.3. The first-order chi connectivity index (χ1) is 11.8. The fraction of sp³-hybridized carbons (Fsp3) is 0.474. The van der Waals surface area contributed by atoms with Crippen molar-refractivity contribution in [1.82, 2.24) is 15.1 Å². The highest BCUT2D eigenvalue weighted by Gasteiger charge is 2.43. The van der Waals surface area contributed by atoms with Gasteiger partial charge in [-0.2, -0.15) is 0 Å². The first kappa shape index (κ1) is 17.5. The summed E-state index contributed by atoms with van der Waals surface area (Å²) in [7, 11) is 2.02. The lowest BCUT2D eigenvalue weighted by Crippen LogP contribution is -2.40. The molecular weight excluding hydrogens is 318 g/mol. The number of para-hydroxylation sites is 1. The summed E-state index contributed by atoms with van der Waals surface area (Å²) in [6.45, 7) is 6.72. The highest BCUT2D eigenvalue weighted by molar-refractivity contribution is 6.06. The number of benzene rings is 1. The Bertz CT molecular complexity index is 763. The lowest BCUT2D eigenvalue weighted by Gasteiger charge is -2.24. The van der Waals surface area contributed by atoms with Crippen LogP contribution in [0.3, 0.4) is 0 Å². The molecule has 6 heteroatoms. The predicted molar refractivity (Wildman–Crippen MR) is 96.2 cm³/mol. The van der Waals surface area contributed by atoms with Crippen LogP contribution in [0.2, 0.25) is 0 Å². The second-order valence-corrected chi connectivity index (χ2v) is 7.21. The van der Waals surface area contributed by atoms with Crippen molar-refractivity contribution in [2.24, 2.45) is 0 Å². The van der Waals surface area contributed by atoms with Gasteiger partial charge in [0, 0.05) is 18.5 Å². The van der Waals surface area contributed by atoms with Gasteiger partial charge >= 0.3 is 6.03 Å². The number of fused-ring (bicyclic) bond motifs is 1. The summed E-state index contributed by atoms with van der Waals surface area (Å²) in [4.78, 5) is 27.6. The summed E-state index contributed by atoms with van der Waals surface area (Å²) in [5.74, 6) is 0.755. The Hall–Kier alpha value is -2.34. The Morgan fingerprint density at radius 2 is 2.00 bits per heavy atom. The number of furan rings is 1. The van der Waals surface area contributed by atoms with Crippen molar-refractivity contribution >= 4 is 22.9 Å². The number of rotatable bonds is 6. The van der Waals surface area contributed by atoms with E-state index in [0.717, 1.165) is 29.7 Å². The standard InChI is InChI=1S/C19H25N3O3/c1-13(16-12-14-8-5-6-9-15(14)25-16)21(4)10-7-11-22-17(23)19(2,3)20-18(22)24/h5-6,8-9,12-13H,7,10-11H2,1-4H3,(H,20,24)/t13-/m1/s1. The first-order valence-corrected chi connectivity index (χ1v) is 8.62. The summed E-state index contributed by atoms with van der Waals surface area (Å²) in [6.07, 6.45) is 0.719. The van der Waals surface area contributed by atoms with E-state index < -0.39 is 5.54 Å². The molecule has 1 aliphatic heterocycles. The maximum atomic E-state index is 12.2. The minimum Gasteiger partial charge on any atom is -0.459 e. The van der Waals surface area contributed by atoms with E-state index in [4.69, 9.17) is 4.42 Å². The summed E-state index contributed by atoms with van der Waals surface area (Å²) in [5.41, 5.74) is 0.0872. The topological polar surface area (TPSA) is 65.8 Å². The summed E-state index contributed by atoms with van der Waals surface area (Å²) < 4.78 is 5.92. The molecule has 1 aromatic heterocycles. The lowest BCUT2D eigenvalue weighted by atomic mass is 10.1. The van der Waals surface area contributed by atoms with E-state index in [9.17, 15) is 9.59 Å². The number of hydrogen-bond acceptors (Lipinski definition) is 4. The molecule has 1 aliphatic rings. The highest BCUT2D eigenvalue weighted by Crippen LogP contribution is 2.26. The first-order valence-electron chi connectivity index (χ1n) is 8.62.